The molecule has 1 aromatic carbocycles. The average molecular weight is 487 g/mol. The lowest BCUT2D eigenvalue weighted by atomic mass is 10.1. The Morgan fingerprint density at radius 3 is 2.25 bits per heavy atom. The Hall–Kier alpha value is -0.730. The molecule has 3 N–H and O–H groups in total. The predicted octanol–water partition coefficient (Wildman–Crippen LogP) is 3.23. The number of carbonyl (C=O) groups is 1. The SMILES string of the molecule is CN=C(NCCc1c(Cl)cccc1Cl)NCC(=O)NC(C)(C)C.I. The van der Waals surface area contributed by atoms with Crippen LogP contribution in [0.2, 0.25) is 10.0 Å². The average Bonchev–Trinajstić information content (AvgIpc) is 2.43. The van der Waals surface area contributed by atoms with Gasteiger partial charge in [0.15, 0.2) is 5.96 Å². The topological polar surface area (TPSA) is 65.5 Å². The maximum absolute atomic E-state index is 11.8. The first-order valence-corrected chi connectivity index (χ1v) is 8.17. The van der Waals surface area contributed by atoms with Gasteiger partial charge in [0.25, 0.3) is 0 Å². The summed E-state index contributed by atoms with van der Waals surface area (Å²) in [6, 6.07) is 5.44. The lowest BCUT2D eigenvalue weighted by Crippen LogP contribution is -2.48. The van der Waals surface area contributed by atoms with Gasteiger partial charge in [0, 0.05) is 29.2 Å². The van der Waals surface area contributed by atoms with Crippen molar-refractivity contribution in [3.05, 3.63) is 33.8 Å². The molecule has 0 spiro atoms. The maximum atomic E-state index is 11.8. The third-order valence-electron chi connectivity index (χ3n) is 2.88. The van der Waals surface area contributed by atoms with Crippen molar-refractivity contribution in [2.75, 3.05) is 20.1 Å². The van der Waals surface area contributed by atoms with Crippen molar-refractivity contribution in [1.29, 1.82) is 0 Å². The molecule has 0 heterocycles. The van der Waals surface area contributed by atoms with E-state index >= 15 is 0 Å². The molecule has 1 rings (SSSR count). The Balaban J connectivity index is 0.00000529. The quantitative estimate of drug-likeness (QED) is 0.340. The molecule has 0 aliphatic rings. The highest BCUT2D eigenvalue weighted by Gasteiger charge is 2.13. The highest BCUT2D eigenvalue weighted by atomic mass is 127. The molecule has 1 aromatic rings. The summed E-state index contributed by atoms with van der Waals surface area (Å²) in [5, 5.41) is 10.3. The molecule has 0 aliphatic heterocycles. The molecule has 0 unspecified atom stereocenters. The molecule has 24 heavy (non-hydrogen) atoms. The number of amides is 1. The van der Waals surface area contributed by atoms with Crippen molar-refractivity contribution < 1.29 is 4.79 Å². The van der Waals surface area contributed by atoms with Crippen LogP contribution in [0.15, 0.2) is 23.2 Å². The van der Waals surface area contributed by atoms with Crippen LogP contribution < -0.4 is 16.0 Å². The van der Waals surface area contributed by atoms with Gasteiger partial charge in [0.2, 0.25) is 5.91 Å². The smallest absolute Gasteiger partial charge is 0.239 e. The zero-order valence-corrected chi connectivity index (χ0v) is 18.2. The van der Waals surface area contributed by atoms with Crippen molar-refractivity contribution in [3.8, 4) is 0 Å². The number of rotatable bonds is 5. The van der Waals surface area contributed by atoms with Crippen molar-refractivity contribution in [2.24, 2.45) is 4.99 Å². The second-order valence-electron chi connectivity index (χ2n) is 6.10. The standard InChI is InChI=1S/C16H24Cl2N4O.HI/c1-16(2,3)22-14(23)10-21-15(19-4)20-9-8-11-12(17)6-5-7-13(11)18;/h5-7H,8-10H2,1-4H3,(H,22,23)(H2,19,20,21);1H. The Kier molecular flexibility index (Phi) is 10.7. The molecule has 136 valence electrons. The fraction of sp³-hybridized carbons (Fsp3) is 0.500. The summed E-state index contributed by atoms with van der Waals surface area (Å²) in [4.78, 5) is 15.9. The number of halogens is 3. The zero-order chi connectivity index (χ0) is 17.5. The second kappa shape index (κ2) is 11.0. The van der Waals surface area contributed by atoms with E-state index in [-0.39, 0.29) is 42.0 Å². The molecule has 0 aromatic heterocycles. The zero-order valence-electron chi connectivity index (χ0n) is 14.4. The predicted molar refractivity (Wildman–Crippen MR) is 113 cm³/mol. The minimum Gasteiger partial charge on any atom is -0.356 e. The van der Waals surface area contributed by atoms with Crippen LogP contribution in [0.5, 0.6) is 0 Å². The summed E-state index contributed by atoms with van der Waals surface area (Å²) < 4.78 is 0. The Morgan fingerprint density at radius 1 is 1.17 bits per heavy atom. The maximum Gasteiger partial charge on any atom is 0.239 e. The molecule has 0 saturated carbocycles. The van der Waals surface area contributed by atoms with Gasteiger partial charge >= 0.3 is 0 Å². The number of carbonyl (C=O) groups excluding carboxylic acids is 1. The number of benzene rings is 1. The van der Waals surface area contributed by atoms with E-state index < -0.39 is 0 Å². The molecule has 1 amide bonds. The highest BCUT2D eigenvalue weighted by Crippen LogP contribution is 2.24. The van der Waals surface area contributed by atoms with Crippen molar-refractivity contribution in [1.82, 2.24) is 16.0 Å². The molecule has 0 aliphatic carbocycles. The van der Waals surface area contributed by atoms with Gasteiger partial charge < -0.3 is 16.0 Å². The van der Waals surface area contributed by atoms with E-state index in [1.54, 1.807) is 7.05 Å². The van der Waals surface area contributed by atoms with Crippen LogP contribution in [0.1, 0.15) is 26.3 Å². The number of hydrogen-bond donors (Lipinski definition) is 3. The Morgan fingerprint density at radius 2 is 1.75 bits per heavy atom. The molecule has 0 bridgehead atoms. The number of hydrogen-bond acceptors (Lipinski definition) is 2. The minimum atomic E-state index is -0.253. The summed E-state index contributed by atoms with van der Waals surface area (Å²) in [5.74, 6) is 0.465. The minimum absolute atomic E-state index is 0. The Labute approximate surface area is 171 Å². The number of guanidine groups is 1. The van der Waals surface area contributed by atoms with Gasteiger partial charge in [0.05, 0.1) is 6.54 Å². The molecular formula is C16H25Cl2IN4O. The van der Waals surface area contributed by atoms with Crippen molar-refractivity contribution >= 4 is 59.0 Å². The van der Waals surface area contributed by atoms with Gasteiger partial charge in [-0.25, -0.2) is 0 Å². The van der Waals surface area contributed by atoms with E-state index in [2.05, 4.69) is 20.9 Å². The van der Waals surface area contributed by atoms with E-state index in [0.717, 1.165) is 5.56 Å². The molecule has 0 saturated heterocycles. The molecule has 8 heteroatoms. The van der Waals surface area contributed by atoms with Gasteiger partial charge in [-0.1, -0.05) is 29.3 Å². The molecule has 0 radical (unpaired) electrons. The lowest BCUT2D eigenvalue weighted by molar-refractivity contribution is -0.121. The normalized spacial score (nSPS) is 11.5. The number of nitrogens with zero attached hydrogens (tertiary/aromatic N) is 1. The number of aliphatic imine (C=N–C) groups is 1. The van der Waals surface area contributed by atoms with E-state index in [9.17, 15) is 4.79 Å². The van der Waals surface area contributed by atoms with Gasteiger partial charge in [0.1, 0.15) is 0 Å². The van der Waals surface area contributed by atoms with Crippen molar-refractivity contribution in [2.45, 2.75) is 32.7 Å². The largest absolute Gasteiger partial charge is 0.356 e. The second-order valence-corrected chi connectivity index (χ2v) is 6.92. The highest BCUT2D eigenvalue weighted by molar-refractivity contribution is 14.0. The van der Waals surface area contributed by atoms with Crippen LogP contribution in [0.3, 0.4) is 0 Å². The summed E-state index contributed by atoms with van der Waals surface area (Å²) >= 11 is 12.3. The summed E-state index contributed by atoms with van der Waals surface area (Å²) in [6.45, 7) is 6.57. The Bertz CT molecular complexity index is 553. The summed E-state index contributed by atoms with van der Waals surface area (Å²) in [7, 11) is 1.65. The van der Waals surface area contributed by atoms with Crippen LogP contribution in [0.4, 0.5) is 0 Å². The monoisotopic (exact) mass is 486 g/mol. The number of nitrogens with one attached hydrogen (secondary N) is 3. The van der Waals surface area contributed by atoms with Crippen LogP contribution in [0, 0.1) is 0 Å². The van der Waals surface area contributed by atoms with Gasteiger partial charge in [-0.05, 0) is 44.9 Å². The molecule has 0 atom stereocenters. The van der Waals surface area contributed by atoms with Gasteiger partial charge in [-0.2, -0.15) is 0 Å². The lowest BCUT2D eigenvalue weighted by Gasteiger charge is -2.21. The molecule has 5 nitrogen and oxygen atoms in total. The van der Waals surface area contributed by atoms with Gasteiger partial charge in [-0.15, -0.1) is 24.0 Å². The van der Waals surface area contributed by atoms with E-state index in [1.165, 1.54) is 0 Å². The molecule has 0 fully saturated rings. The third-order valence-corrected chi connectivity index (χ3v) is 3.59. The van der Waals surface area contributed by atoms with E-state index in [4.69, 9.17) is 23.2 Å². The van der Waals surface area contributed by atoms with Gasteiger partial charge in [-0.3, -0.25) is 9.79 Å². The summed E-state index contributed by atoms with van der Waals surface area (Å²) in [5.41, 5.74) is 0.639. The van der Waals surface area contributed by atoms with Crippen LogP contribution in [0.25, 0.3) is 0 Å². The fourth-order valence-electron chi connectivity index (χ4n) is 1.92. The van der Waals surface area contributed by atoms with Crippen LogP contribution in [-0.4, -0.2) is 37.5 Å². The first-order valence-electron chi connectivity index (χ1n) is 7.41. The first kappa shape index (κ1) is 23.3. The third kappa shape index (κ3) is 8.94. The van der Waals surface area contributed by atoms with E-state index in [1.807, 2.05) is 39.0 Å². The van der Waals surface area contributed by atoms with Crippen LogP contribution >= 0.6 is 47.2 Å². The first-order chi connectivity index (χ1) is 10.7. The fourth-order valence-corrected chi connectivity index (χ4v) is 2.51. The summed E-state index contributed by atoms with van der Waals surface area (Å²) in [6.07, 6.45) is 0.660. The molecular weight excluding hydrogens is 462 g/mol. The van der Waals surface area contributed by atoms with Crippen molar-refractivity contribution in [3.63, 3.8) is 0 Å². The van der Waals surface area contributed by atoms with E-state index in [0.29, 0.717) is 29.0 Å². The van der Waals surface area contributed by atoms with Crippen LogP contribution in [-0.2, 0) is 11.2 Å².